The van der Waals surface area contributed by atoms with Gasteiger partial charge in [0.05, 0.1) is 28.6 Å². The molecule has 0 unspecified atom stereocenters. The monoisotopic (exact) mass is 349 g/mol. The first-order chi connectivity index (χ1) is 12.0. The highest BCUT2D eigenvalue weighted by Gasteiger charge is 2.16. The Balaban J connectivity index is 2.27. The van der Waals surface area contributed by atoms with E-state index in [1.807, 2.05) is 57.2 Å². The topological polar surface area (TPSA) is 58.7 Å². The molecule has 0 spiro atoms. The van der Waals surface area contributed by atoms with Crippen LogP contribution in [0.25, 0.3) is 16.6 Å². The van der Waals surface area contributed by atoms with Crippen molar-refractivity contribution in [2.24, 2.45) is 5.92 Å². The summed E-state index contributed by atoms with van der Waals surface area (Å²) in [5.74, 6) is 0.479. The maximum atomic E-state index is 13.2. The summed E-state index contributed by atoms with van der Waals surface area (Å²) in [6, 6.07) is 15.5. The molecule has 0 aliphatic rings. The Labute approximate surface area is 151 Å². The van der Waals surface area contributed by atoms with Gasteiger partial charge in [-0.1, -0.05) is 36.0 Å². The lowest BCUT2D eigenvalue weighted by Crippen LogP contribution is -2.23. The molecule has 1 aromatic heterocycles. The molecule has 0 N–H and O–H groups in total. The summed E-state index contributed by atoms with van der Waals surface area (Å²) in [5.41, 5.74) is 3.62. The minimum Gasteiger partial charge on any atom is -0.268 e. The van der Waals surface area contributed by atoms with Crippen LogP contribution in [-0.4, -0.2) is 15.3 Å². The van der Waals surface area contributed by atoms with Crippen LogP contribution in [0.1, 0.15) is 18.1 Å². The van der Waals surface area contributed by atoms with Gasteiger partial charge in [-0.05, 0) is 50.1 Å². The van der Waals surface area contributed by atoms with Crippen LogP contribution in [-0.2, 0) is 0 Å². The van der Waals surface area contributed by atoms with E-state index in [2.05, 4.69) is 6.07 Å². The molecule has 5 heteroatoms. The second-order valence-electron chi connectivity index (χ2n) is 6.11. The number of benzene rings is 2. The van der Waals surface area contributed by atoms with Crippen molar-refractivity contribution in [2.45, 2.75) is 25.9 Å². The number of nitriles is 1. The summed E-state index contributed by atoms with van der Waals surface area (Å²) in [5, 5.41) is 10.3. The van der Waals surface area contributed by atoms with Gasteiger partial charge in [0.25, 0.3) is 5.56 Å². The number of aromatic nitrogens is 2. The number of thioether (sulfide) groups is 1. The van der Waals surface area contributed by atoms with Crippen LogP contribution >= 0.6 is 11.8 Å². The Kier molecular flexibility index (Phi) is 4.91. The lowest BCUT2D eigenvalue weighted by atomic mass is 10.1. The third-order valence-electron chi connectivity index (χ3n) is 4.24. The highest BCUT2D eigenvalue weighted by Crippen LogP contribution is 2.25. The Hall–Kier alpha value is -2.58. The summed E-state index contributed by atoms with van der Waals surface area (Å²) in [4.78, 5) is 17.9. The first kappa shape index (κ1) is 17.2. The maximum Gasteiger partial charge on any atom is 0.266 e. The molecule has 0 saturated heterocycles. The third kappa shape index (κ3) is 3.31. The van der Waals surface area contributed by atoms with Crippen molar-refractivity contribution in [1.29, 1.82) is 5.26 Å². The normalized spacial score (nSPS) is 12.1. The largest absolute Gasteiger partial charge is 0.268 e. The molecule has 0 aliphatic carbocycles. The molecule has 0 aliphatic heterocycles. The Morgan fingerprint density at radius 1 is 1.20 bits per heavy atom. The van der Waals surface area contributed by atoms with Crippen molar-refractivity contribution >= 4 is 22.7 Å². The molecule has 3 rings (SSSR count). The fourth-order valence-corrected chi connectivity index (χ4v) is 3.58. The van der Waals surface area contributed by atoms with E-state index in [1.54, 1.807) is 10.6 Å². The minimum atomic E-state index is -0.111. The number of rotatable bonds is 4. The fraction of sp³-hybridized carbons (Fsp3) is 0.250. The number of aryl methyl sites for hydroxylation is 1. The predicted octanol–water partition coefficient (Wildman–Crippen LogP) is 4.25. The van der Waals surface area contributed by atoms with Gasteiger partial charge in [-0.25, -0.2) is 4.98 Å². The molecule has 0 bridgehead atoms. The first-order valence-electron chi connectivity index (χ1n) is 8.13. The van der Waals surface area contributed by atoms with Crippen molar-refractivity contribution < 1.29 is 0 Å². The lowest BCUT2D eigenvalue weighted by molar-refractivity contribution is 0.802. The smallest absolute Gasteiger partial charge is 0.266 e. The zero-order valence-electron chi connectivity index (χ0n) is 14.5. The van der Waals surface area contributed by atoms with E-state index < -0.39 is 0 Å². The molecule has 1 heterocycles. The Bertz CT molecular complexity index is 1030. The van der Waals surface area contributed by atoms with Gasteiger partial charge in [-0.2, -0.15) is 5.26 Å². The maximum absolute atomic E-state index is 13.2. The van der Waals surface area contributed by atoms with E-state index in [0.29, 0.717) is 21.8 Å². The van der Waals surface area contributed by atoms with Gasteiger partial charge < -0.3 is 0 Å². The second kappa shape index (κ2) is 7.12. The molecule has 0 fully saturated rings. The molecule has 0 radical (unpaired) electrons. The fourth-order valence-electron chi connectivity index (χ4n) is 2.64. The van der Waals surface area contributed by atoms with Gasteiger partial charge in [-0.15, -0.1) is 0 Å². The van der Waals surface area contributed by atoms with Crippen molar-refractivity contribution in [3.05, 3.63) is 63.9 Å². The highest BCUT2D eigenvalue weighted by molar-refractivity contribution is 7.99. The number of hydrogen-bond donors (Lipinski definition) is 0. The van der Waals surface area contributed by atoms with Gasteiger partial charge in [0.15, 0.2) is 5.16 Å². The highest BCUT2D eigenvalue weighted by atomic mass is 32.2. The number of para-hydroxylation sites is 1. The average molecular weight is 349 g/mol. The van der Waals surface area contributed by atoms with Gasteiger partial charge in [-0.3, -0.25) is 9.36 Å². The van der Waals surface area contributed by atoms with E-state index in [9.17, 15) is 4.79 Å². The molecular formula is C20H19N3OS. The predicted molar refractivity (Wildman–Crippen MR) is 102 cm³/mol. The molecule has 0 saturated carbocycles. The van der Waals surface area contributed by atoms with Gasteiger partial charge in [0.2, 0.25) is 0 Å². The van der Waals surface area contributed by atoms with Crippen LogP contribution in [0.5, 0.6) is 0 Å². The summed E-state index contributed by atoms with van der Waals surface area (Å²) >= 11 is 1.45. The van der Waals surface area contributed by atoms with Crippen LogP contribution < -0.4 is 5.56 Å². The van der Waals surface area contributed by atoms with Gasteiger partial charge in [0, 0.05) is 5.75 Å². The van der Waals surface area contributed by atoms with Crippen LogP contribution in [0.15, 0.2) is 52.4 Å². The molecular weight excluding hydrogens is 330 g/mol. The van der Waals surface area contributed by atoms with Crippen molar-refractivity contribution in [3.63, 3.8) is 0 Å². The van der Waals surface area contributed by atoms with Crippen LogP contribution in [0, 0.1) is 31.1 Å². The molecule has 4 nitrogen and oxygen atoms in total. The first-order valence-corrected chi connectivity index (χ1v) is 9.12. The summed E-state index contributed by atoms with van der Waals surface area (Å²) < 4.78 is 1.68. The Morgan fingerprint density at radius 2 is 1.96 bits per heavy atom. The number of nitrogens with zero attached hydrogens (tertiary/aromatic N) is 3. The zero-order chi connectivity index (χ0) is 18.0. The van der Waals surface area contributed by atoms with Crippen LogP contribution in [0.4, 0.5) is 0 Å². The molecule has 1 atom stereocenters. The van der Waals surface area contributed by atoms with E-state index in [4.69, 9.17) is 10.2 Å². The number of hydrogen-bond acceptors (Lipinski definition) is 4. The van der Waals surface area contributed by atoms with Crippen molar-refractivity contribution in [3.8, 4) is 11.8 Å². The molecule has 126 valence electrons. The summed E-state index contributed by atoms with van der Waals surface area (Å²) in [6.45, 7) is 5.91. The van der Waals surface area contributed by atoms with Crippen molar-refractivity contribution in [1.82, 2.24) is 9.55 Å². The molecule has 25 heavy (non-hydrogen) atoms. The molecule has 0 amide bonds. The van der Waals surface area contributed by atoms with E-state index in [-0.39, 0.29) is 11.5 Å². The standard InChI is InChI=1S/C20H19N3OS/c1-13(11-21)12-25-20-22-17-9-5-4-8-16(17)19(24)23(20)18-10-6-7-14(2)15(18)3/h4-10,13H,12H2,1-3H3/t13-/m1/s1. The molecule has 2 aromatic carbocycles. The third-order valence-corrected chi connectivity index (χ3v) is 5.44. The van der Waals surface area contributed by atoms with E-state index in [0.717, 1.165) is 16.8 Å². The second-order valence-corrected chi connectivity index (χ2v) is 7.10. The van der Waals surface area contributed by atoms with Gasteiger partial charge in [0.1, 0.15) is 0 Å². The lowest BCUT2D eigenvalue weighted by Gasteiger charge is -2.16. The SMILES string of the molecule is Cc1cccc(-n2c(SC[C@H](C)C#N)nc3ccccc3c2=O)c1C. The van der Waals surface area contributed by atoms with Gasteiger partial charge >= 0.3 is 0 Å². The minimum absolute atomic E-state index is 0.0774. The van der Waals surface area contributed by atoms with Crippen LogP contribution in [0.3, 0.4) is 0 Å². The summed E-state index contributed by atoms with van der Waals surface area (Å²) in [7, 11) is 0. The van der Waals surface area contributed by atoms with E-state index in [1.165, 1.54) is 11.8 Å². The Morgan fingerprint density at radius 3 is 2.72 bits per heavy atom. The number of fused-ring (bicyclic) bond motifs is 1. The summed E-state index contributed by atoms with van der Waals surface area (Å²) in [6.07, 6.45) is 0. The van der Waals surface area contributed by atoms with Crippen LogP contribution in [0.2, 0.25) is 0 Å². The molecule has 3 aromatic rings. The van der Waals surface area contributed by atoms with E-state index >= 15 is 0 Å². The van der Waals surface area contributed by atoms with Crippen molar-refractivity contribution in [2.75, 3.05) is 5.75 Å². The average Bonchev–Trinajstić information content (AvgIpc) is 2.62. The quantitative estimate of drug-likeness (QED) is 0.522. The zero-order valence-corrected chi connectivity index (χ0v) is 15.3.